The molecule has 0 spiro atoms. The van der Waals surface area contributed by atoms with E-state index in [0.717, 1.165) is 11.8 Å². The molecule has 0 fully saturated rings. The molecule has 0 unspecified atom stereocenters. The van der Waals surface area contributed by atoms with E-state index in [1.165, 1.54) is 30.4 Å². The Kier molecular flexibility index (Phi) is 4.87. The fourth-order valence-electron chi connectivity index (χ4n) is 2.01. The zero-order valence-electron chi connectivity index (χ0n) is 10.6. The van der Waals surface area contributed by atoms with Gasteiger partial charge in [0.15, 0.2) is 0 Å². The molecule has 0 heterocycles. The van der Waals surface area contributed by atoms with Crippen LogP contribution in [0.15, 0.2) is 35.5 Å². The lowest BCUT2D eigenvalue weighted by Crippen LogP contribution is -2.10. The Morgan fingerprint density at radius 1 is 1.53 bits per heavy atom. The molecule has 0 aromatic carbocycles. The van der Waals surface area contributed by atoms with Crippen LogP contribution in [0.4, 0.5) is 0 Å². The predicted molar refractivity (Wildman–Crippen MR) is 68.8 cm³/mol. The minimum atomic E-state index is 0.763. The molecule has 0 N–H and O–H groups in total. The van der Waals surface area contributed by atoms with E-state index >= 15 is 0 Å². The van der Waals surface area contributed by atoms with Gasteiger partial charge in [-0.25, -0.2) is 0 Å². The minimum absolute atomic E-state index is 0.763. The summed E-state index contributed by atoms with van der Waals surface area (Å²) in [5.74, 6) is 1.57. The normalized spacial score (nSPS) is 22.1. The largest absolute Gasteiger partial charge is 0.0859 e. The first kappa shape index (κ1) is 12.3. The van der Waals surface area contributed by atoms with E-state index < -0.39 is 0 Å². The van der Waals surface area contributed by atoms with Gasteiger partial charge in [0.05, 0.1) is 0 Å². The number of hydrogen-bond donors (Lipinski definition) is 0. The summed E-state index contributed by atoms with van der Waals surface area (Å²) >= 11 is 0. The molecule has 1 aliphatic carbocycles. The fourth-order valence-corrected chi connectivity index (χ4v) is 2.01. The van der Waals surface area contributed by atoms with Crippen LogP contribution in [0.3, 0.4) is 0 Å². The Balaban J connectivity index is 2.33. The molecule has 15 heavy (non-hydrogen) atoms. The van der Waals surface area contributed by atoms with Crippen molar-refractivity contribution >= 4 is 0 Å². The number of allylic oxidation sites excluding steroid dienone is 6. The van der Waals surface area contributed by atoms with Gasteiger partial charge in [0.25, 0.3) is 0 Å². The highest BCUT2D eigenvalue weighted by molar-refractivity contribution is 5.21. The zero-order valence-corrected chi connectivity index (χ0v) is 10.6. The molecule has 0 saturated carbocycles. The van der Waals surface area contributed by atoms with Crippen LogP contribution in [0.1, 0.15) is 47.0 Å². The van der Waals surface area contributed by atoms with Gasteiger partial charge in [0.2, 0.25) is 0 Å². The van der Waals surface area contributed by atoms with Crippen LogP contribution in [-0.2, 0) is 0 Å². The Bertz CT molecular complexity index is 274. The van der Waals surface area contributed by atoms with Gasteiger partial charge in [-0.3, -0.25) is 0 Å². The second-order valence-electron chi connectivity index (χ2n) is 5.04. The summed E-state index contributed by atoms with van der Waals surface area (Å²) in [6, 6.07) is 0. The third kappa shape index (κ3) is 4.51. The van der Waals surface area contributed by atoms with Gasteiger partial charge in [0, 0.05) is 0 Å². The standard InChI is InChI=1S/C15H24/c1-12(2)6-5-7-14(4)15-10-8-13(3)9-11-15/h6,8-10,14-15H,5,7,11H2,1-4H3/t14-,15+/m0/s1. The molecular weight excluding hydrogens is 180 g/mol. The SMILES string of the molecule is CC(C)=CCC[C@H](C)[C@@H]1C=CC(C)=CC1. The molecule has 1 aliphatic rings. The molecule has 0 aromatic heterocycles. The summed E-state index contributed by atoms with van der Waals surface area (Å²) in [6.45, 7) is 8.91. The molecule has 0 saturated heterocycles. The second-order valence-corrected chi connectivity index (χ2v) is 5.04. The van der Waals surface area contributed by atoms with Gasteiger partial charge < -0.3 is 0 Å². The van der Waals surface area contributed by atoms with Gasteiger partial charge in [-0.2, -0.15) is 0 Å². The summed E-state index contributed by atoms with van der Waals surface area (Å²) in [7, 11) is 0. The minimum Gasteiger partial charge on any atom is -0.0859 e. The molecule has 0 nitrogen and oxygen atoms in total. The van der Waals surface area contributed by atoms with E-state index in [4.69, 9.17) is 0 Å². The summed E-state index contributed by atoms with van der Waals surface area (Å²) in [5, 5.41) is 0. The first-order chi connectivity index (χ1) is 7.09. The van der Waals surface area contributed by atoms with Crippen molar-refractivity contribution in [2.45, 2.75) is 47.0 Å². The van der Waals surface area contributed by atoms with Crippen molar-refractivity contribution in [1.29, 1.82) is 0 Å². The van der Waals surface area contributed by atoms with E-state index in [2.05, 4.69) is 52.0 Å². The zero-order chi connectivity index (χ0) is 11.3. The van der Waals surface area contributed by atoms with Gasteiger partial charge in [-0.1, -0.05) is 42.4 Å². The van der Waals surface area contributed by atoms with Crippen LogP contribution in [0.2, 0.25) is 0 Å². The fraction of sp³-hybridized carbons (Fsp3) is 0.600. The van der Waals surface area contributed by atoms with E-state index in [1.54, 1.807) is 0 Å². The molecule has 0 radical (unpaired) electrons. The molecule has 0 amide bonds. The van der Waals surface area contributed by atoms with Crippen LogP contribution in [0, 0.1) is 11.8 Å². The van der Waals surface area contributed by atoms with E-state index in [1.807, 2.05) is 0 Å². The van der Waals surface area contributed by atoms with Crippen LogP contribution in [-0.4, -0.2) is 0 Å². The van der Waals surface area contributed by atoms with Crippen molar-refractivity contribution in [2.75, 3.05) is 0 Å². The average Bonchev–Trinajstić information content (AvgIpc) is 2.18. The van der Waals surface area contributed by atoms with Gasteiger partial charge >= 0.3 is 0 Å². The second kappa shape index (κ2) is 5.95. The monoisotopic (exact) mass is 204 g/mol. The average molecular weight is 204 g/mol. The maximum absolute atomic E-state index is 2.39. The lowest BCUT2D eigenvalue weighted by Gasteiger charge is -2.21. The Morgan fingerprint density at radius 2 is 2.27 bits per heavy atom. The maximum atomic E-state index is 2.39. The topological polar surface area (TPSA) is 0 Å². The van der Waals surface area contributed by atoms with Gasteiger partial charge in [-0.05, 0) is 51.9 Å². The van der Waals surface area contributed by atoms with Crippen molar-refractivity contribution in [3.63, 3.8) is 0 Å². The summed E-state index contributed by atoms with van der Waals surface area (Å²) in [6.07, 6.45) is 13.2. The first-order valence-corrected chi connectivity index (χ1v) is 6.08. The Labute approximate surface area is 94.8 Å². The summed E-state index contributed by atoms with van der Waals surface area (Å²) in [5.41, 5.74) is 2.86. The molecule has 0 aromatic rings. The molecule has 84 valence electrons. The van der Waals surface area contributed by atoms with Crippen molar-refractivity contribution in [1.82, 2.24) is 0 Å². The van der Waals surface area contributed by atoms with Crippen molar-refractivity contribution in [3.8, 4) is 0 Å². The molecule has 0 bridgehead atoms. The van der Waals surface area contributed by atoms with Crippen molar-refractivity contribution in [2.24, 2.45) is 11.8 Å². The Hall–Kier alpha value is -0.780. The molecule has 0 aliphatic heterocycles. The van der Waals surface area contributed by atoms with Crippen molar-refractivity contribution < 1.29 is 0 Å². The predicted octanol–water partition coefficient (Wildman–Crippen LogP) is 4.89. The van der Waals surface area contributed by atoms with E-state index in [-0.39, 0.29) is 0 Å². The maximum Gasteiger partial charge on any atom is -0.0170 e. The van der Waals surface area contributed by atoms with Crippen LogP contribution < -0.4 is 0 Å². The number of hydrogen-bond acceptors (Lipinski definition) is 0. The molecule has 0 heteroatoms. The number of rotatable bonds is 4. The van der Waals surface area contributed by atoms with Gasteiger partial charge in [0.1, 0.15) is 0 Å². The smallest absolute Gasteiger partial charge is 0.0170 e. The summed E-state index contributed by atoms with van der Waals surface area (Å²) < 4.78 is 0. The van der Waals surface area contributed by atoms with Crippen LogP contribution >= 0.6 is 0 Å². The molecule has 1 rings (SSSR count). The molecule has 2 atom stereocenters. The van der Waals surface area contributed by atoms with Gasteiger partial charge in [-0.15, -0.1) is 0 Å². The summed E-state index contributed by atoms with van der Waals surface area (Å²) in [4.78, 5) is 0. The quantitative estimate of drug-likeness (QED) is 0.572. The van der Waals surface area contributed by atoms with Crippen LogP contribution in [0.25, 0.3) is 0 Å². The lowest BCUT2D eigenvalue weighted by atomic mass is 9.84. The van der Waals surface area contributed by atoms with E-state index in [0.29, 0.717) is 0 Å². The lowest BCUT2D eigenvalue weighted by molar-refractivity contribution is 0.403. The van der Waals surface area contributed by atoms with Crippen LogP contribution in [0.5, 0.6) is 0 Å². The highest BCUT2D eigenvalue weighted by atomic mass is 14.2. The Morgan fingerprint density at radius 3 is 2.80 bits per heavy atom. The molecular formula is C15H24. The van der Waals surface area contributed by atoms with E-state index in [9.17, 15) is 0 Å². The first-order valence-electron chi connectivity index (χ1n) is 6.08. The highest BCUT2D eigenvalue weighted by Gasteiger charge is 2.14. The highest BCUT2D eigenvalue weighted by Crippen LogP contribution is 2.26. The third-order valence-corrected chi connectivity index (χ3v) is 3.22. The third-order valence-electron chi connectivity index (χ3n) is 3.22. The van der Waals surface area contributed by atoms with Crippen molar-refractivity contribution in [3.05, 3.63) is 35.5 Å².